The molecule has 0 N–H and O–H groups in total. The first-order chi connectivity index (χ1) is 11.9. The number of hydrogen-bond acceptors (Lipinski definition) is 3. The van der Waals surface area contributed by atoms with Gasteiger partial charge in [-0.05, 0) is 26.0 Å². The number of hydrogen-bond donors (Lipinski definition) is 0. The second-order valence-electron chi connectivity index (χ2n) is 6.79. The molecule has 1 atom stereocenters. The second kappa shape index (κ2) is 6.78. The molecule has 0 aromatic carbocycles. The van der Waals surface area contributed by atoms with E-state index in [0.29, 0.717) is 44.0 Å². The average Bonchev–Trinajstić information content (AvgIpc) is 3.15. The average molecular weight is 343 g/mol. The third-order valence-corrected chi connectivity index (χ3v) is 4.69. The molecule has 6 nitrogen and oxygen atoms in total. The van der Waals surface area contributed by atoms with Crippen LogP contribution >= 0.6 is 0 Å². The topological polar surface area (TPSA) is 58.7 Å². The Morgan fingerprint density at radius 2 is 2.12 bits per heavy atom. The van der Waals surface area contributed by atoms with Gasteiger partial charge in [0.05, 0.1) is 6.26 Å². The van der Waals surface area contributed by atoms with E-state index in [1.807, 2.05) is 47.3 Å². The second-order valence-corrected chi connectivity index (χ2v) is 6.79. The van der Waals surface area contributed by atoms with E-state index >= 15 is 0 Å². The molecular formula is C19H25N3O3. The van der Waals surface area contributed by atoms with Gasteiger partial charge < -0.3 is 18.8 Å². The Hall–Kier alpha value is -2.50. The lowest BCUT2D eigenvalue weighted by atomic mass is 10.1. The number of allylic oxidation sites excluding steroid dienone is 1. The molecule has 6 heteroatoms. The Kier molecular flexibility index (Phi) is 4.70. The molecule has 0 spiro atoms. The van der Waals surface area contributed by atoms with Gasteiger partial charge in [-0.15, -0.1) is 0 Å². The van der Waals surface area contributed by atoms with Gasteiger partial charge in [0.1, 0.15) is 5.69 Å². The molecule has 2 aromatic heterocycles. The summed E-state index contributed by atoms with van der Waals surface area (Å²) in [7, 11) is 0. The van der Waals surface area contributed by atoms with E-state index in [2.05, 4.69) is 6.58 Å². The maximum Gasteiger partial charge on any atom is 0.270 e. The van der Waals surface area contributed by atoms with Gasteiger partial charge in [-0.25, -0.2) is 0 Å². The van der Waals surface area contributed by atoms with Crippen LogP contribution in [0.15, 0.2) is 35.0 Å². The van der Waals surface area contributed by atoms with Crippen molar-refractivity contribution >= 4 is 22.9 Å². The number of amides is 2. The molecular weight excluding hydrogens is 318 g/mol. The van der Waals surface area contributed by atoms with Gasteiger partial charge in [0.15, 0.2) is 0 Å². The number of nitrogens with zero attached hydrogens (tertiary/aromatic N) is 3. The fourth-order valence-corrected chi connectivity index (χ4v) is 3.46. The van der Waals surface area contributed by atoms with Crippen LogP contribution in [0, 0.1) is 0 Å². The van der Waals surface area contributed by atoms with Crippen LogP contribution in [0.3, 0.4) is 0 Å². The highest BCUT2D eigenvalue weighted by molar-refractivity contribution is 5.98. The monoisotopic (exact) mass is 343 g/mol. The quantitative estimate of drug-likeness (QED) is 0.802. The predicted molar refractivity (Wildman–Crippen MR) is 96.4 cm³/mol. The zero-order valence-corrected chi connectivity index (χ0v) is 15.1. The Morgan fingerprint density at radius 1 is 1.36 bits per heavy atom. The summed E-state index contributed by atoms with van der Waals surface area (Å²) >= 11 is 0. The molecule has 3 heterocycles. The molecule has 1 unspecified atom stereocenters. The fraction of sp³-hybridized carbons (Fsp3) is 0.474. The van der Waals surface area contributed by atoms with Crippen molar-refractivity contribution in [1.82, 2.24) is 14.4 Å². The highest BCUT2D eigenvalue weighted by atomic mass is 16.3. The summed E-state index contributed by atoms with van der Waals surface area (Å²) in [5.41, 5.74) is 2.26. The van der Waals surface area contributed by atoms with E-state index in [0.717, 1.165) is 11.0 Å². The molecule has 0 radical (unpaired) electrons. The van der Waals surface area contributed by atoms with Crippen molar-refractivity contribution in [3.05, 3.63) is 36.2 Å². The zero-order valence-electron chi connectivity index (χ0n) is 15.1. The van der Waals surface area contributed by atoms with Crippen LogP contribution in [0.5, 0.6) is 0 Å². The normalized spacial score (nSPS) is 18.0. The molecule has 0 bridgehead atoms. The van der Waals surface area contributed by atoms with Gasteiger partial charge in [-0.3, -0.25) is 9.59 Å². The Balaban J connectivity index is 1.84. The van der Waals surface area contributed by atoms with Crippen molar-refractivity contribution in [2.45, 2.75) is 39.8 Å². The van der Waals surface area contributed by atoms with Crippen LogP contribution in [0.25, 0.3) is 11.1 Å². The third-order valence-electron chi connectivity index (χ3n) is 4.69. The maximum atomic E-state index is 13.1. The Bertz CT molecular complexity index is 817. The first kappa shape index (κ1) is 17.3. The van der Waals surface area contributed by atoms with E-state index < -0.39 is 0 Å². The van der Waals surface area contributed by atoms with Crippen molar-refractivity contribution in [2.75, 3.05) is 19.6 Å². The fourth-order valence-electron chi connectivity index (χ4n) is 3.46. The lowest BCUT2D eigenvalue weighted by Crippen LogP contribution is -2.55. The van der Waals surface area contributed by atoms with Crippen molar-refractivity contribution in [2.24, 2.45) is 0 Å². The molecule has 134 valence electrons. The van der Waals surface area contributed by atoms with Crippen molar-refractivity contribution < 1.29 is 14.0 Å². The summed E-state index contributed by atoms with van der Waals surface area (Å²) in [5, 5.41) is 0.914. The minimum Gasteiger partial charge on any atom is -0.448 e. The zero-order chi connectivity index (χ0) is 18.1. The predicted octanol–water partition coefficient (Wildman–Crippen LogP) is 2.89. The first-order valence-corrected chi connectivity index (χ1v) is 8.72. The number of carbonyl (C=O) groups excluding carboxylic acids is 2. The molecule has 0 saturated carbocycles. The van der Waals surface area contributed by atoms with Gasteiger partial charge in [-0.2, -0.15) is 0 Å². The van der Waals surface area contributed by atoms with Crippen molar-refractivity contribution in [1.29, 1.82) is 0 Å². The summed E-state index contributed by atoms with van der Waals surface area (Å²) in [4.78, 5) is 28.8. The summed E-state index contributed by atoms with van der Waals surface area (Å²) in [6.07, 6.45) is 2.13. The largest absolute Gasteiger partial charge is 0.448 e. The van der Waals surface area contributed by atoms with Crippen LogP contribution < -0.4 is 0 Å². The Labute approximate surface area is 147 Å². The lowest BCUT2D eigenvalue weighted by molar-refractivity contribution is -0.134. The summed E-state index contributed by atoms with van der Waals surface area (Å²) in [5.74, 6) is 0.117. The van der Waals surface area contributed by atoms with Crippen LogP contribution in [0.1, 0.15) is 37.7 Å². The van der Waals surface area contributed by atoms with Crippen LogP contribution in [-0.4, -0.2) is 51.9 Å². The molecule has 2 amide bonds. The van der Waals surface area contributed by atoms with E-state index in [9.17, 15) is 9.59 Å². The van der Waals surface area contributed by atoms with E-state index in [-0.39, 0.29) is 17.9 Å². The lowest BCUT2D eigenvalue weighted by Gasteiger charge is -2.39. The highest BCUT2D eigenvalue weighted by Crippen LogP contribution is 2.24. The van der Waals surface area contributed by atoms with Crippen molar-refractivity contribution in [3.8, 4) is 0 Å². The number of rotatable bonds is 4. The molecule has 1 saturated heterocycles. The highest BCUT2D eigenvalue weighted by Gasteiger charge is 2.31. The SMILES string of the molecule is C=C(C)Cn1c(C(=O)N2CCN(C(=O)CC)C(C)C2)cc2ccoc21. The van der Waals surface area contributed by atoms with Gasteiger partial charge in [0, 0.05) is 44.0 Å². The van der Waals surface area contributed by atoms with Gasteiger partial charge in [-0.1, -0.05) is 19.1 Å². The number of aromatic nitrogens is 1. The van der Waals surface area contributed by atoms with Gasteiger partial charge in [0.2, 0.25) is 11.6 Å². The smallest absolute Gasteiger partial charge is 0.270 e. The molecule has 25 heavy (non-hydrogen) atoms. The summed E-state index contributed by atoms with van der Waals surface area (Å²) < 4.78 is 7.43. The minimum absolute atomic E-state index is 0.0249. The van der Waals surface area contributed by atoms with Crippen molar-refractivity contribution in [3.63, 3.8) is 0 Å². The number of piperazine rings is 1. The van der Waals surface area contributed by atoms with Crippen LogP contribution in [0.2, 0.25) is 0 Å². The van der Waals surface area contributed by atoms with Crippen LogP contribution in [-0.2, 0) is 11.3 Å². The number of carbonyl (C=O) groups is 2. The molecule has 1 aliphatic rings. The third kappa shape index (κ3) is 3.21. The first-order valence-electron chi connectivity index (χ1n) is 8.72. The number of fused-ring (bicyclic) bond motifs is 1. The molecule has 1 aliphatic heterocycles. The Morgan fingerprint density at radius 3 is 2.76 bits per heavy atom. The molecule has 1 fully saturated rings. The van der Waals surface area contributed by atoms with Gasteiger partial charge in [0.25, 0.3) is 5.91 Å². The molecule has 0 aliphatic carbocycles. The van der Waals surface area contributed by atoms with Gasteiger partial charge >= 0.3 is 0 Å². The number of furan rings is 1. The van der Waals surface area contributed by atoms with E-state index in [1.165, 1.54) is 0 Å². The standard InChI is InChI=1S/C19H25N3O3/c1-5-17(23)21-8-7-20(12-14(21)4)18(24)16-10-15-6-9-25-19(15)22(16)11-13(2)3/h6,9-10,14H,2,5,7-8,11-12H2,1,3-4H3. The van der Waals surface area contributed by atoms with E-state index in [4.69, 9.17) is 4.42 Å². The minimum atomic E-state index is -0.0249. The van der Waals surface area contributed by atoms with Crippen LogP contribution in [0.4, 0.5) is 0 Å². The molecule has 2 aromatic rings. The summed E-state index contributed by atoms with van der Waals surface area (Å²) in [6, 6.07) is 3.76. The maximum absolute atomic E-state index is 13.1. The summed E-state index contributed by atoms with van der Waals surface area (Å²) in [6.45, 7) is 12.0. The molecule has 3 rings (SSSR count). The van der Waals surface area contributed by atoms with E-state index in [1.54, 1.807) is 6.26 Å².